The summed E-state index contributed by atoms with van der Waals surface area (Å²) >= 11 is 0. The second-order valence-electron chi connectivity index (χ2n) is 6.04. The van der Waals surface area contributed by atoms with Crippen LogP contribution in [0.15, 0.2) is 66.9 Å². The maximum absolute atomic E-state index is 12.3. The lowest BCUT2D eigenvalue weighted by molar-refractivity contribution is -0.115. The van der Waals surface area contributed by atoms with Crippen molar-refractivity contribution in [3.05, 3.63) is 72.4 Å². The van der Waals surface area contributed by atoms with Gasteiger partial charge in [0.25, 0.3) is 0 Å². The standard InChI is InChI=1S/C20H21N3O/c1-15(2)23-19(12-13-21-23)22-20(24)14-16-8-10-18(11-9-16)17-6-4-3-5-7-17/h3-13,15H,14H2,1-2H3,(H,22,24). The Kier molecular flexibility index (Phi) is 4.75. The molecule has 3 rings (SSSR count). The SMILES string of the molecule is CC(C)n1nccc1NC(=O)Cc1ccc(-c2ccccc2)cc1. The minimum Gasteiger partial charge on any atom is -0.311 e. The molecule has 0 bridgehead atoms. The number of rotatable bonds is 5. The van der Waals surface area contributed by atoms with Gasteiger partial charge >= 0.3 is 0 Å². The van der Waals surface area contributed by atoms with Crippen molar-refractivity contribution in [1.29, 1.82) is 0 Å². The maximum atomic E-state index is 12.3. The normalized spacial score (nSPS) is 10.8. The molecule has 1 aromatic heterocycles. The third kappa shape index (κ3) is 3.71. The van der Waals surface area contributed by atoms with Crippen LogP contribution in [0.5, 0.6) is 0 Å². The van der Waals surface area contributed by atoms with Crippen molar-refractivity contribution in [1.82, 2.24) is 9.78 Å². The molecule has 0 saturated heterocycles. The average Bonchev–Trinajstić information content (AvgIpc) is 3.04. The number of aromatic nitrogens is 2. The number of nitrogens with zero attached hydrogens (tertiary/aromatic N) is 2. The van der Waals surface area contributed by atoms with Crippen LogP contribution < -0.4 is 5.32 Å². The second-order valence-corrected chi connectivity index (χ2v) is 6.04. The van der Waals surface area contributed by atoms with E-state index in [1.807, 2.05) is 50.2 Å². The van der Waals surface area contributed by atoms with Gasteiger partial charge in [-0.3, -0.25) is 4.79 Å². The van der Waals surface area contributed by atoms with Crippen molar-refractivity contribution in [2.75, 3.05) is 5.32 Å². The molecule has 122 valence electrons. The molecule has 0 unspecified atom stereocenters. The van der Waals surface area contributed by atoms with Gasteiger partial charge in [-0.05, 0) is 30.5 Å². The molecule has 0 radical (unpaired) electrons. The van der Waals surface area contributed by atoms with E-state index >= 15 is 0 Å². The van der Waals surface area contributed by atoms with Gasteiger partial charge in [0.2, 0.25) is 5.91 Å². The van der Waals surface area contributed by atoms with Crippen LogP contribution in [0, 0.1) is 0 Å². The van der Waals surface area contributed by atoms with Gasteiger partial charge < -0.3 is 5.32 Å². The summed E-state index contributed by atoms with van der Waals surface area (Å²) < 4.78 is 1.80. The molecule has 0 fully saturated rings. The van der Waals surface area contributed by atoms with E-state index in [1.54, 1.807) is 10.9 Å². The fourth-order valence-corrected chi connectivity index (χ4v) is 2.64. The van der Waals surface area contributed by atoms with Crippen molar-refractivity contribution in [3.63, 3.8) is 0 Å². The highest BCUT2D eigenvalue weighted by atomic mass is 16.1. The Balaban J connectivity index is 1.65. The lowest BCUT2D eigenvalue weighted by Crippen LogP contribution is -2.18. The van der Waals surface area contributed by atoms with Crippen molar-refractivity contribution >= 4 is 11.7 Å². The first-order valence-corrected chi connectivity index (χ1v) is 8.11. The van der Waals surface area contributed by atoms with Gasteiger partial charge in [-0.25, -0.2) is 4.68 Å². The number of hydrogen-bond donors (Lipinski definition) is 1. The fraction of sp³-hybridized carbons (Fsp3) is 0.200. The van der Waals surface area contributed by atoms with Crippen LogP contribution in [0.25, 0.3) is 11.1 Å². The van der Waals surface area contributed by atoms with Gasteiger partial charge in [0.1, 0.15) is 5.82 Å². The molecule has 24 heavy (non-hydrogen) atoms. The van der Waals surface area contributed by atoms with Crippen molar-refractivity contribution in [2.45, 2.75) is 26.3 Å². The van der Waals surface area contributed by atoms with Crippen LogP contribution in [-0.2, 0) is 11.2 Å². The van der Waals surface area contributed by atoms with E-state index in [-0.39, 0.29) is 11.9 Å². The molecule has 0 aliphatic rings. The summed E-state index contributed by atoms with van der Waals surface area (Å²) in [6.07, 6.45) is 2.04. The smallest absolute Gasteiger partial charge is 0.229 e. The summed E-state index contributed by atoms with van der Waals surface area (Å²) in [7, 11) is 0. The molecule has 4 nitrogen and oxygen atoms in total. The lowest BCUT2D eigenvalue weighted by atomic mass is 10.0. The molecular weight excluding hydrogens is 298 g/mol. The lowest BCUT2D eigenvalue weighted by Gasteiger charge is -2.12. The van der Waals surface area contributed by atoms with Gasteiger partial charge in [0, 0.05) is 12.1 Å². The van der Waals surface area contributed by atoms with E-state index < -0.39 is 0 Å². The minimum absolute atomic E-state index is 0.0372. The molecule has 2 aromatic carbocycles. The molecule has 0 atom stereocenters. The Hall–Kier alpha value is -2.88. The Morgan fingerprint density at radius 2 is 1.67 bits per heavy atom. The molecule has 1 amide bonds. The van der Waals surface area contributed by atoms with Crippen LogP contribution in [0.3, 0.4) is 0 Å². The highest BCUT2D eigenvalue weighted by Crippen LogP contribution is 2.20. The summed E-state index contributed by atoms with van der Waals surface area (Å²) in [4.78, 5) is 12.3. The Morgan fingerprint density at radius 3 is 2.33 bits per heavy atom. The highest BCUT2D eigenvalue weighted by Gasteiger charge is 2.10. The first kappa shape index (κ1) is 16.0. The van der Waals surface area contributed by atoms with Gasteiger partial charge in [-0.2, -0.15) is 5.10 Å². The van der Waals surface area contributed by atoms with E-state index in [4.69, 9.17) is 0 Å². The van der Waals surface area contributed by atoms with E-state index in [1.165, 1.54) is 5.56 Å². The predicted molar refractivity (Wildman–Crippen MR) is 96.8 cm³/mol. The van der Waals surface area contributed by atoms with E-state index in [2.05, 4.69) is 34.7 Å². The molecular formula is C20H21N3O. The van der Waals surface area contributed by atoms with Crippen LogP contribution in [-0.4, -0.2) is 15.7 Å². The predicted octanol–water partition coefficient (Wildman–Crippen LogP) is 4.31. The number of amides is 1. The first-order chi connectivity index (χ1) is 11.6. The van der Waals surface area contributed by atoms with E-state index in [0.29, 0.717) is 6.42 Å². The second kappa shape index (κ2) is 7.13. The summed E-state index contributed by atoms with van der Waals surface area (Å²) in [5.41, 5.74) is 3.31. The summed E-state index contributed by atoms with van der Waals surface area (Å²) in [6.45, 7) is 4.07. The van der Waals surface area contributed by atoms with Gasteiger partial charge in [-0.15, -0.1) is 0 Å². The molecule has 0 saturated carbocycles. The molecule has 1 N–H and O–H groups in total. The zero-order valence-electron chi connectivity index (χ0n) is 13.9. The van der Waals surface area contributed by atoms with Crippen molar-refractivity contribution < 1.29 is 4.79 Å². The Morgan fingerprint density at radius 1 is 1.00 bits per heavy atom. The third-order valence-corrected chi connectivity index (χ3v) is 3.85. The monoisotopic (exact) mass is 319 g/mol. The number of carbonyl (C=O) groups excluding carboxylic acids is 1. The third-order valence-electron chi connectivity index (χ3n) is 3.85. The quantitative estimate of drug-likeness (QED) is 0.761. The number of hydrogen-bond acceptors (Lipinski definition) is 2. The number of anilines is 1. The fourth-order valence-electron chi connectivity index (χ4n) is 2.64. The van der Waals surface area contributed by atoms with Gasteiger partial charge in [0.15, 0.2) is 0 Å². The molecule has 0 aliphatic heterocycles. The van der Waals surface area contributed by atoms with Crippen molar-refractivity contribution in [2.24, 2.45) is 0 Å². The summed E-state index contributed by atoms with van der Waals surface area (Å²) in [5.74, 6) is 0.695. The molecule has 4 heteroatoms. The number of benzene rings is 2. The van der Waals surface area contributed by atoms with E-state index in [9.17, 15) is 4.79 Å². The zero-order valence-corrected chi connectivity index (χ0v) is 13.9. The van der Waals surface area contributed by atoms with Gasteiger partial charge in [0.05, 0.1) is 12.6 Å². The molecule has 1 heterocycles. The highest BCUT2D eigenvalue weighted by molar-refractivity contribution is 5.91. The summed E-state index contributed by atoms with van der Waals surface area (Å²) in [5, 5.41) is 7.15. The topological polar surface area (TPSA) is 46.9 Å². The molecule has 0 aliphatic carbocycles. The average molecular weight is 319 g/mol. The Labute approximate surface area is 142 Å². The largest absolute Gasteiger partial charge is 0.311 e. The Bertz CT molecular complexity index is 804. The number of nitrogens with one attached hydrogen (secondary N) is 1. The van der Waals surface area contributed by atoms with Crippen LogP contribution in [0.4, 0.5) is 5.82 Å². The summed E-state index contributed by atoms with van der Waals surface area (Å²) in [6, 6.07) is 20.3. The van der Waals surface area contributed by atoms with Crippen LogP contribution >= 0.6 is 0 Å². The van der Waals surface area contributed by atoms with Crippen LogP contribution in [0.2, 0.25) is 0 Å². The van der Waals surface area contributed by atoms with Gasteiger partial charge in [-0.1, -0.05) is 54.6 Å². The molecule has 3 aromatic rings. The van der Waals surface area contributed by atoms with E-state index in [0.717, 1.165) is 16.9 Å². The maximum Gasteiger partial charge on any atom is 0.229 e. The number of carbonyl (C=O) groups is 1. The minimum atomic E-state index is -0.0372. The first-order valence-electron chi connectivity index (χ1n) is 8.11. The molecule has 0 spiro atoms. The zero-order chi connectivity index (χ0) is 16.9. The van der Waals surface area contributed by atoms with Crippen molar-refractivity contribution in [3.8, 4) is 11.1 Å². The van der Waals surface area contributed by atoms with Crippen LogP contribution in [0.1, 0.15) is 25.5 Å².